The fraction of sp³-hybridized carbons (Fsp3) is 0.320. The average molecular weight is 514 g/mol. The lowest BCUT2D eigenvalue weighted by atomic mass is 10.2. The van der Waals surface area contributed by atoms with Gasteiger partial charge < -0.3 is 18.9 Å². The lowest BCUT2D eigenvalue weighted by Gasteiger charge is -2.18. The second-order valence-corrected chi connectivity index (χ2v) is 10.2. The Labute approximate surface area is 211 Å². The van der Waals surface area contributed by atoms with Gasteiger partial charge in [-0.3, -0.25) is 4.79 Å². The molecule has 2 aromatic carbocycles. The Balaban J connectivity index is 1.41. The highest BCUT2D eigenvalue weighted by Gasteiger charge is 2.39. The van der Waals surface area contributed by atoms with Crippen LogP contribution in [0.2, 0.25) is 5.02 Å². The summed E-state index contributed by atoms with van der Waals surface area (Å²) in [5.41, 5.74) is 1.76. The molecule has 1 aliphatic heterocycles. The van der Waals surface area contributed by atoms with Crippen LogP contribution in [-0.2, 0) is 9.47 Å². The van der Waals surface area contributed by atoms with Gasteiger partial charge in [0.1, 0.15) is 22.9 Å². The van der Waals surface area contributed by atoms with Crippen molar-refractivity contribution in [1.29, 1.82) is 0 Å². The summed E-state index contributed by atoms with van der Waals surface area (Å²) < 4.78 is 24.9. The third kappa shape index (κ3) is 4.77. The minimum atomic E-state index is -0.644. The molecule has 0 bridgehead atoms. The lowest BCUT2D eigenvalue weighted by Crippen LogP contribution is -2.27. The molecule has 1 saturated heterocycles. The third-order valence-corrected chi connectivity index (χ3v) is 7.11. The van der Waals surface area contributed by atoms with E-state index in [4.69, 9.17) is 30.5 Å². The maximum absolute atomic E-state index is 13.3. The van der Waals surface area contributed by atoms with E-state index in [1.54, 1.807) is 25.3 Å². The molecule has 0 N–H and O–H groups in total. The van der Waals surface area contributed by atoms with Crippen molar-refractivity contribution in [1.82, 2.24) is 15.0 Å². The predicted octanol–water partition coefficient (Wildman–Crippen LogP) is 5.09. The molecule has 5 rings (SSSR count). The van der Waals surface area contributed by atoms with E-state index in [0.717, 1.165) is 10.4 Å². The molecule has 2 atom stereocenters. The topological polar surface area (TPSA) is 84.7 Å². The van der Waals surface area contributed by atoms with Crippen LogP contribution in [0.15, 0.2) is 53.3 Å². The van der Waals surface area contributed by atoms with E-state index in [1.165, 1.54) is 16.0 Å². The van der Waals surface area contributed by atoms with Gasteiger partial charge >= 0.3 is 0 Å². The fourth-order valence-electron chi connectivity index (χ4n) is 4.02. The maximum atomic E-state index is 13.3. The quantitative estimate of drug-likeness (QED) is 0.355. The Morgan fingerprint density at radius 3 is 2.57 bits per heavy atom. The molecule has 0 saturated carbocycles. The normalized spacial score (nSPS) is 19.2. The van der Waals surface area contributed by atoms with E-state index < -0.39 is 5.79 Å². The van der Waals surface area contributed by atoms with E-state index in [1.807, 2.05) is 51.1 Å². The summed E-state index contributed by atoms with van der Waals surface area (Å²) in [6.45, 7) is 6.00. The second-order valence-electron chi connectivity index (χ2n) is 8.66. The number of ether oxygens (including phenoxy) is 4. The van der Waals surface area contributed by atoms with E-state index in [9.17, 15) is 4.79 Å². The Hall–Kier alpha value is -2.98. The molecule has 4 aromatic rings. The van der Waals surface area contributed by atoms with E-state index >= 15 is 0 Å². The highest BCUT2D eigenvalue weighted by molar-refractivity contribution is 7.22. The van der Waals surface area contributed by atoms with Crippen LogP contribution in [0.1, 0.15) is 20.8 Å². The van der Waals surface area contributed by atoms with Gasteiger partial charge in [-0.05, 0) is 56.7 Å². The summed E-state index contributed by atoms with van der Waals surface area (Å²) in [6, 6.07) is 14.5. The zero-order chi connectivity index (χ0) is 24.7. The molecule has 1 aliphatic rings. The van der Waals surface area contributed by atoms with Crippen molar-refractivity contribution in [3.63, 3.8) is 0 Å². The molecule has 1 fully saturated rings. The number of benzene rings is 2. The van der Waals surface area contributed by atoms with Gasteiger partial charge in [-0.25, -0.2) is 0 Å². The van der Waals surface area contributed by atoms with Gasteiger partial charge in [-0.2, -0.15) is 4.68 Å². The first kappa shape index (κ1) is 23.7. The first-order chi connectivity index (χ1) is 16.7. The Morgan fingerprint density at radius 2 is 1.89 bits per heavy atom. The summed E-state index contributed by atoms with van der Waals surface area (Å²) >= 11 is 7.36. The van der Waals surface area contributed by atoms with Gasteiger partial charge in [0, 0.05) is 16.0 Å². The number of thiophene rings is 1. The predicted molar refractivity (Wildman–Crippen MR) is 135 cm³/mol. The molecule has 0 spiro atoms. The Bertz CT molecular complexity index is 1430. The van der Waals surface area contributed by atoms with Gasteiger partial charge in [0.2, 0.25) is 0 Å². The van der Waals surface area contributed by atoms with Crippen LogP contribution < -0.4 is 15.0 Å². The largest absolute Gasteiger partial charge is 0.493 e. The number of halogens is 1. The monoisotopic (exact) mass is 513 g/mol. The molecule has 0 amide bonds. The van der Waals surface area contributed by atoms with Crippen molar-refractivity contribution in [2.24, 2.45) is 0 Å². The van der Waals surface area contributed by atoms with Gasteiger partial charge in [0.25, 0.3) is 5.56 Å². The zero-order valence-corrected chi connectivity index (χ0v) is 21.2. The van der Waals surface area contributed by atoms with Crippen molar-refractivity contribution in [2.45, 2.75) is 38.8 Å². The van der Waals surface area contributed by atoms with Crippen LogP contribution >= 0.6 is 22.9 Å². The second kappa shape index (κ2) is 9.23. The van der Waals surface area contributed by atoms with Crippen molar-refractivity contribution in [2.75, 3.05) is 13.7 Å². The number of hydrogen-bond donors (Lipinski definition) is 0. The van der Waals surface area contributed by atoms with Crippen LogP contribution in [0.25, 0.3) is 26.3 Å². The number of nitrogens with zero attached hydrogens (tertiary/aromatic N) is 3. The van der Waals surface area contributed by atoms with E-state index in [2.05, 4.69) is 10.3 Å². The molecular formula is C25H24ClN3O5S. The molecule has 2 aromatic heterocycles. The first-order valence-electron chi connectivity index (χ1n) is 11.1. The molecule has 10 heteroatoms. The summed E-state index contributed by atoms with van der Waals surface area (Å²) in [4.78, 5) is 14.2. The molecule has 0 unspecified atom stereocenters. The van der Waals surface area contributed by atoms with Crippen LogP contribution in [0.3, 0.4) is 0 Å². The van der Waals surface area contributed by atoms with Gasteiger partial charge in [-0.15, -0.1) is 16.4 Å². The first-order valence-corrected chi connectivity index (χ1v) is 12.3. The lowest BCUT2D eigenvalue weighted by molar-refractivity contribution is -0.147. The van der Waals surface area contributed by atoms with E-state index in [-0.39, 0.29) is 17.8 Å². The smallest absolute Gasteiger partial charge is 0.292 e. The molecule has 35 heavy (non-hydrogen) atoms. The van der Waals surface area contributed by atoms with Crippen LogP contribution in [0.5, 0.6) is 11.5 Å². The number of fused-ring (bicyclic) bond motifs is 1. The average Bonchev–Trinajstić information content (AvgIpc) is 3.38. The molecular weight excluding hydrogens is 490 g/mol. The Morgan fingerprint density at radius 1 is 1.11 bits per heavy atom. The van der Waals surface area contributed by atoms with Gasteiger partial charge in [0.05, 0.1) is 18.9 Å². The van der Waals surface area contributed by atoms with Crippen molar-refractivity contribution in [3.8, 4) is 27.6 Å². The zero-order valence-electron chi connectivity index (χ0n) is 19.6. The van der Waals surface area contributed by atoms with E-state index in [0.29, 0.717) is 39.0 Å². The Kier molecular flexibility index (Phi) is 6.27. The minimum absolute atomic E-state index is 0.0978. The van der Waals surface area contributed by atoms with Crippen molar-refractivity contribution >= 4 is 33.2 Å². The van der Waals surface area contributed by atoms with Crippen LogP contribution in [0.4, 0.5) is 0 Å². The highest BCUT2D eigenvalue weighted by Crippen LogP contribution is 2.34. The number of methoxy groups -OCH3 is 1. The summed E-state index contributed by atoms with van der Waals surface area (Å²) in [5.74, 6) is 0.352. The summed E-state index contributed by atoms with van der Waals surface area (Å²) in [5, 5.41) is 9.06. The fourth-order valence-corrected chi connectivity index (χ4v) is 5.17. The van der Waals surface area contributed by atoms with Crippen molar-refractivity contribution in [3.05, 3.63) is 63.9 Å². The maximum Gasteiger partial charge on any atom is 0.292 e. The standard InChI is InChI=1S/C25H24ClN3O5S/c1-14-21(34-25(2,3)33-14)13-32-19-10-9-17(11-20(19)31-4)29-24(30)23-18(27-28-29)12-22(35-23)15-5-7-16(26)8-6-15/h5-12,14,21H,13H2,1-4H3/t14-,21-/m1/s1. The number of aromatic nitrogens is 3. The minimum Gasteiger partial charge on any atom is -0.493 e. The number of hydrogen-bond acceptors (Lipinski definition) is 8. The third-order valence-electron chi connectivity index (χ3n) is 5.69. The SMILES string of the molecule is COc1cc(-n2nnc3cc(-c4ccc(Cl)cc4)sc3c2=O)ccc1OC[C@H]1OC(C)(C)O[C@@H]1C. The van der Waals surface area contributed by atoms with Crippen LogP contribution in [-0.4, -0.2) is 46.7 Å². The number of rotatable bonds is 6. The summed E-state index contributed by atoms with van der Waals surface area (Å²) in [6.07, 6.45) is -0.307. The molecule has 3 heterocycles. The molecule has 182 valence electrons. The molecule has 0 aliphatic carbocycles. The molecule has 0 radical (unpaired) electrons. The van der Waals surface area contributed by atoms with Gasteiger partial charge in [0.15, 0.2) is 17.3 Å². The highest BCUT2D eigenvalue weighted by atomic mass is 35.5. The van der Waals surface area contributed by atoms with Crippen molar-refractivity contribution < 1.29 is 18.9 Å². The van der Waals surface area contributed by atoms with Crippen LogP contribution in [0, 0.1) is 0 Å². The summed E-state index contributed by atoms with van der Waals surface area (Å²) in [7, 11) is 1.54. The molecule has 8 nitrogen and oxygen atoms in total. The van der Waals surface area contributed by atoms with Gasteiger partial charge in [-0.1, -0.05) is 28.9 Å².